The van der Waals surface area contributed by atoms with Gasteiger partial charge in [0.25, 0.3) is 0 Å². The Morgan fingerprint density at radius 1 is 1.15 bits per heavy atom. The van der Waals surface area contributed by atoms with E-state index in [1.807, 2.05) is 36.9 Å². The monoisotopic (exact) mass is 347 g/mol. The molecule has 0 unspecified atom stereocenters. The molecule has 0 spiro atoms. The second-order valence-electron chi connectivity index (χ2n) is 6.50. The molecule has 3 heterocycles. The van der Waals surface area contributed by atoms with Crippen LogP contribution in [0.15, 0.2) is 48.9 Å². The Bertz CT molecular complexity index is 1030. The first kappa shape index (κ1) is 16.3. The highest BCUT2D eigenvalue weighted by Gasteiger charge is 2.14. The van der Waals surface area contributed by atoms with E-state index in [9.17, 15) is 0 Å². The summed E-state index contributed by atoms with van der Waals surface area (Å²) < 4.78 is 3.76. The van der Waals surface area contributed by atoms with Gasteiger partial charge in [-0.05, 0) is 32.0 Å². The molecule has 1 aromatic carbocycles. The topological polar surface area (TPSA) is 73.5 Å². The van der Waals surface area contributed by atoms with E-state index in [0.717, 1.165) is 40.3 Å². The second-order valence-corrected chi connectivity index (χ2v) is 6.50. The van der Waals surface area contributed by atoms with Crippen molar-refractivity contribution in [1.29, 1.82) is 0 Å². The van der Waals surface area contributed by atoms with Crippen molar-refractivity contribution in [2.45, 2.75) is 26.3 Å². The fourth-order valence-electron chi connectivity index (χ4n) is 3.17. The standard InChI is InChI=1S/C19H21N7/c1-13(23-18-17-11-22-25(3)19(17)21-12-20-18)9-16-10-14(2)24-26(16)15-7-5-4-6-8-15/h4-8,10-13H,9H2,1-3H3,(H,20,21,23)/t13-/m0/s1. The van der Waals surface area contributed by atoms with Crippen molar-refractivity contribution in [3.05, 3.63) is 60.3 Å². The van der Waals surface area contributed by atoms with E-state index in [2.05, 4.69) is 50.6 Å². The maximum Gasteiger partial charge on any atom is 0.163 e. The number of hydrogen-bond donors (Lipinski definition) is 1. The predicted molar refractivity (Wildman–Crippen MR) is 101 cm³/mol. The van der Waals surface area contributed by atoms with E-state index in [1.165, 1.54) is 0 Å². The molecule has 0 aliphatic carbocycles. The van der Waals surface area contributed by atoms with Crippen LogP contribution in [-0.2, 0) is 13.5 Å². The van der Waals surface area contributed by atoms with Gasteiger partial charge < -0.3 is 5.32 Å². The Kier molecular flexibility index (Phi) is 4.12. The first-order valence-electron chi connectivity index (χ1n) is 8.62. The second kappa shape index (κ2) is 6.59. The molecule has 1 N–H and O–H groups in total. The smallest absolute Gasteiger partial charge is 0.163 e. The van der Waals surface area contributed by atoms with Crippen LogP contribution < -0.4 is 5.32 Å². The molecule has 0 saturated heterocycles. The number of hydrogen-bond acceptors (Lipinski definition) is 5. The number of para-hydroxylation sites is 1. The number of benzene rings is 1. The molecule has 7 heteroatoms. The molecule has 0 amide bonds. The molecule has 0 radical (unpaired) electrons. The van der Waals surface area contributed by atoms with Gasteiger partial charge in [0.15, 0.2) is 5.65 Å². The van der Waals surface area contributed by atoms with Crippen LogP contribution >= 0.6 is 0 Å². The van der Waals surface area contributed by atoms with Crippen molar-refractivity contribution in [3.8, 4) is 5.69 Å². The molecule has 7 nitrogen and oxygen atoms in total. The fraction of sp³-hybridized carbons (Fsp3) is 0.263. The third-order valence-electron chi connectivity index (χ3n) is 4.33. The number of nitrogens with zero attached hydrogens (tertiary/aromatic N) is 6. The molecule has 0 bridgehead atoms. The van der Waals surface area contributed by atoms with Crippen LogP contribution in [0.2, 0.25) is 0 Å². The van der Waals surface area contributed by atoms with Crippen molar-refractivity contribution in [2.75, 3.05) is 5.32 Å². The molecule has 1 atom stereocenters. The van der Waals surface area contributed by atoms with E-state index < -0.39 is 0 Å². The number of anilines is 1. The van der Waals surface area contributed by atoms with Gasteiger partial charge in [-0.25, -0.2) is 14.6 Å². The van der Waals surface area contributed by atoms with Crippen molar-refractivity contribution >= 4 is 16.9 Å². The molecular weight excluding hydrogens is 326 g/mol. The van der Waals surface area contributed by atoms with Crippen molar-refractivity contribution in [1.82, 2.24) is 29.5 Å². The maximum absolute atomic E-state index is 4.64. The van der Waals surface area contributed by atoms with E-state index >= 15 is 0 Å². The number of fused-ring (bicyclic) bond motifs is 1. The Morgan fingerprint density at radius 2 is 1.96 bits per heavy atom. The Hall–Kier alpha value is -3.22. The summed E-state index contributed by atoms with van der Waals surface area (Å²) in [5, 5.41) is 13.3. The normalized spacial score (nSPS) is 12.4. The molecule has 0 fully saturated rings. The Morgan fingerprint density at radius 3 is 2.77 bits per heavy atom. The molecule has 4 aromatic rings. The minimum absolute atomic E-state index is 0.173. The quantitative estimate of drug-likeness (QED) is 0.601. The van der Waals surface area contributed by atoms with E-state index in [-0.39, 0.29) is 6.04 Å². The summed E-state index contributed by atoms with van der Waals surface area (Å²) in [6.45, 7) is 4.16. The van der Waals surface area contributed by atoms with Crippen LogP contribution in [-0.4, -0.2) is 35.6 Å². The zero-order chi connectivity index (χ0) is 18.1. The van der Waals surface area contributed by atoms with Gasteiger partial charge in [0.05, 0.1) is 23.0 Å². The first-order valence-corrected chi connectivity index (χ1v) is 8.62. The van der Waals surface area contributed by atoms with E-state index in [0.29, 0.717) is 0 Å². The van der Waals surface area contributed by atoms with Crippen LogP contribution in [0, 0.1) is 6.92 Å². The third kappa shape index (κ3) is 3.03. The van der Waals surface area contributed by atoms with Crippen LogP contribution in [0.1, 0.15) is 18.3 Å². The highest BCUT2D eigenvalue weighted by molar-refractivity contribution is 5.86. The van der Waals surface area contributed by atoms with E-state index in [1.54, 1.807) is 17.2 Å². The van der Waals surface area contributed by atoms with Gasteiger partial charge in [0, 0.05) is 25.2 Å². The largest absolute Gasteiger partial charge is 0.367 e. The summed E-state index contributed by atoms with van der Waals surface area (Å²) in [5.74, 6) is 0.804. The lowest BCUT2D eigenvalue weighted by atomic mass is 10.1. The zero-order valence-corrected chi connectivity index (χ0v) is 15.1. The Balaban J connectivity index is 1.58. The zero-order valence-electron chi connectivity index (χ0n) is 15.1. The maximum atomic E-state index is 4.64. The summed E-state index contributed by atoms with van der Waals surface area (Å²) in [6.07, 6.45) is 4.18. The van der Waals surface area contributed by atoms with Gasteiger partial charge in [0.2, 0.25) is 0 Å². The Labute approximate surface area is 151 Å². The number of rotatable bonds is 5. The highest BCUT2D eigenvalue weighted by atomic mass is 15.3. The molecule has 4 rings (SSSR count). The minimum atomic E-state index is 0.173. The van der Waals surface area contributed by atoms with Gasteiger partial charge in [-0.2, -0.15) is 10.2 Å². The third-order valence-corrected chi connectivity index (χ3v) is 4.33. The number of aromatic nitrogens is 6. The van der Waals surface area contributed by atoms with Crippen LogP contribution in [0.3, 0.4) is 0 Å². The summed E-state index contributed by atoms with van der Waals surface area (Å²) >= 11 is 0. The van der Waals surface area contributed by atoms with E-state index in [4.69, 9.17) is 0 Å². The fourth-order valence-corrected chi connectivity index (χ4v) is 3.17. The number of nitrogens with one attached hydrogen (secondary N) is 1. The summed E-state index contributed by atoms with van der Waals surface area (Å²) in [6, 6.07) is 12.5. The molecule has 0 aliphatic heterocycles. The predicted octanol–water partition coefficient (Wildman–Crippen LogP) is 2.90. The van der Waals surface area contributed by atoms with Crippen LogP contribution in [0.4, 0.5) is 5.82 Å². The lowest BCUT2D eigenvalue weighted by Gasteiger charge is -2.16. The van der Waals surface area contributed by atoms with Crippen molar-refractivity contribution < 1.29 is 0 Å². The molecule has 132 valence electrons. The highest BCUT2D eigenvalue weighted by Crippen LogP contribution is 2.20. The minimum Gasteiger partial charge on any atom is -0.367 e. The first-order chi connectivity index (χ1) is 12.6. The molecule has 26 heavy (non-hydrogen) atoms. The average Bonchev–Trinajstić information content (AvgIpc) is 3.19. The van der Waals surface area contributed by atoms with Gasteiger partial charge in [-0.15, -0.1) is 0 Å². The van der Waals surface area contributed by atoms with Gasteiger partial charge in [0.1, 0.15) is 12.1 Å². The lowest BCUT2D eigenvalue weighted by molar-refractivity contribution is 0.717. The average molecular weight is 347 g/mol. The molecule has 3 aromatic heterocycles. The summed E-state index contributed by atoms with van der Waals surface area (Å²) in [5.41, 5.74) is 4.05. The van der Waals surface area contributed by atoms with Crippen molar-refractivity contribution in [3.63, 3.8) is 0 Å². The van der Waals surface area contributed by atoms with Crippen LogP contribution in [0.25, 0.3) is 16.7 Å². The summed E-state index contributed by atoms with van der Waals surface area (Å²) in [7, 11) is 1.88. The number of aryl methyl sites for hydroxylation is 2. The summed E-state index contributed by atoms with van der Waals surface area (Å²) in [4.78, 5) is 8.67. The van der Waals surface area contributed by atoms with Gasteiger partial charge in [-0.1, -0.05) is 18.2 Å². The van der Waals surface area contributed by atoms with Crippen LogP contribution in [0.5, 0.6) is 0 Å². The van der Waals surface area contributed by atoms with Gasteiger partial charge >= 0.3 is 0 Å². The van der Waals surface area contributed by atoms with Gasteiger partial charge in [-0.3, -0.25) is 4.68 Å². The SMILES string of the molecule is Cc1cc(C[C@H](C)Nc2ncnc3c2cnn3C)n(-c2ccccc2)n1. The lowest BCUT2D eigenvalue weighted by Crippen LogP contribution is -2.21. The van der Waals surface area contributed by atoms with Crippen molar-refractivity contribution in [2.24, 2.45) is 7.05 Å². The molecular formula is C19H21N7. The molecule has 0 saturated carbocycles. The molecule has 0 aliphatic rings.